The summed E-state index contributed by atoms with van der Waals surface area (Å²) in [6, 6.07) is 14.0. The normalized spacial score (nSPS) is 10.4. The van der Waals surface area contributed by atoms with Crippen LogP contribution in [0.25, 0.3) is 5.69 Å². The number of nitrogens with one attached hydrogen (secondary N) is 2. The Balaban J connectivity index is 1.74. The number of hydrogen-bond donors (Lipinski definition) is 2. The molecule has 0 aliphatic heterocycles. The Hall–Kier alpha value is -3.48. The first-order valence-corrected chi connectivity index (χ1v) is 8.08. The number of hydrogen-bond acceptors (Lipinski definition) is 3. The van der Waals surface area contributed by atoms with E-state index in [1.54, 1.807) is 48.7 Å². The third-order valence-corrected chi connectivity index (χ3v) is 3.63. The summed E-state index contributed by atoms with van der Waals surface area (Å²) < 4.78 is 14.5. The number of amides is 2. The number of carbonyl (C=O) groups is 2. The van der Waals surface area contributed by atoms with Crippen LogP contribution in [0.4, 0.5) is 10.1 Å². The molecule has 0 bridgehead atoms. The number of anilines is 1. The smallest absolute Gasteiger partial charge is 0.276 e. The summed E-state index contributed by atoms with van der Waals surface area (Å²) in [4.78, 5) is 24.2. The molecule has 0 aliphatic rings. The monoisotopic (exact) mass is 352 g/mol. The minimum atomic E-state index is -0.404. The topological polar surface area (TPSA) is 76.0 Å². The maximum absolute atomic E-state index is 13.0. The van der Waals surface area contributed by atoms with Crippen LogP contribution in [-0.2, 0) is 0 Å². The third-order valence-electron chi connectivity index (χ3n) is 3.63. The van der Waals surface area contributed by atoms with Gasteiger partial charge in [0, 0.05) is 24.0 Å². The van der Waals surface area contributed by atoms with Crippen LogP contribution in [0.3, 0.4) is 0 Å². The Bertz CT molecular complexity index is 935. The fourth-order valence-corrected chi connectivity index (χ4v) is 2.38. The molecule has 26 heavy (non-hydrogen) atoms. The first kappa shape index (κ1) is 17.3. The summed E-state index contributed by atoms with van der Waals surface area (Å²) in [6.07, 6.45) is 1.62. The lowest BCUT2D eigenvalue weighted by Gasteiger charge is -2.06. The van der Waals surface area contributed by atoms with Crippen LogP contribution in [-0.4, -0.2) is 28.1 Å². The molecule has 2 aromatic carbocycles. The second-order valence-corrected chi connectivity index (χ2v) is 5.52. The largest absolute Gasteiger partial charge is 0.352 e. The quantitative estimate of drug-likeness (QED) is 0.741. The molecule has 0 atom stereocenters. The zero-order chi connectivity index (χ0) is 18.5. The van der Waals surface area contributed by atoms with Gasteiger partial charge in [0.05, 0.1) is 5.69 Å². The van der Waals surface area contributed by atoms with E-state index in [9.17, 15) is 14.0 Å². The summed E-state index contributed by atoms with van der Waals surface area (Å²) in [7, 11) is 0. The number of nitrogens with zero attached hydrogens (tertiary/aromatic N) is 2. The van der Waals surface area contributed by atoms with Gasteiger partial charge in [-0.05, 0) is 55.5 Å². The van der Waals surface area contributed by atoms with Crippen molar-refractivity contribution in [3.63, 3.8) is 0 Å². The summed E-state index contributed by atoms with van der Waals surface area (Å²) in [6.45, 7) is 2.36. The Kier molecular flexibility index (Phi) is 5.07. The van der Waals surface area contributed by atoms with Gasteiger partial charge >= 0.3 is 0 Å². The molecule has 1 aromatic heterocycles. The minimum absolute atomic E-state index is 0.204. The first-order valence-electron chi connectivity index (χ1n) is 8.08. The van der Waals surface area contributed by atoms with Crippen molar-refractivity contribution in [2.24, 2.45) is 0 Å². The number of rotatable bonds is 5. The molecule has 7 heteroatoms. The molecule has 3 aromatic rings. The van der Waals surface area contributed by atoms with Gasteiger partial charge < -0.3 is 10.6 Å². The Labute approximate surface area is 149 Å². The van der Waals surface area contributed by atoms with Crippen LogP contribution in [0.2, 0.25) is 0 Å². The van der Waals surface area contributed by atoms with Crippen LogP contribution < -0.4 is 10.6 Å². The standard InChI is InChI=1S/C19H17FN4O2/c1-2-21-18(25)13-4-3-5-15(12-13)22-19(26)17-10-11-24(23-17)16-8-6-14(20)7-9-16/h3-12H,2H2,1H3,(H,21,25)(H,22,26). The molecule has 0 saturated heterocycles. The first-order chi connectivity index (χ1) is 12.6. The van der Waals surface area contributed by atoms with Gasteiger partial charge in [0.25, 0.3) is 11.8 Å². The fourth-order valence-electron chi connectivity index (χ4n) is 2.38. The van der Waals surface area contributed by atoms with Gasteiger partial charge in [-0.25, -0.2) is 9.07 Å². The van der Waals surface area contributed by atoms with Crippen molar-refractivity contribution in [1.82, 2.24) is 15.1 Å². The molecule has 132 valence electrons. The molecule has 0 aliphatic carbocycles. The average Bonchev–Trinajstić information content (AvgIpc) is 3.13. The summed E-state index contributed by atoms with van der Waals surface area (Å²) >= 11 is 0. The van der Waals surface area contributed by atoms with Crippen LogP contribution in [0.15, 0.2) is 60.8 Å². The van der Waals surface area contributed by atoms with Crippen molar-refractivity contribution in [3.05, 3.63) is 77.9 Å². The van der Waals surface area contributed by atoms with Crippen LogP contribution in [0, 0.1) is 5.82 Å². The van der Waals surface area contributed by atoms with Crippen molar-refractivity contribution in [2.75, 3.05) is 11.9 Å². The third kappa shape index (κ3) is 3.94. The number of carbonyl (C=O) groups excluding carboxylic acids is 2. The van der Waals surface area contributed by atoms with Crippen molar-refractivity contribution < 1.29 is 14.0 Å². The van der Waals surface area contributed by atoms with Gasteiger partial charge in [-0.2, -0.15) is 5.10 Å². The van der Waals surface area contributed by atoms with Crippen molar-refractivity contribution >= 4 is 17.5 Å². The van der Waals surface area contributed by atoms with Crippen LogP contribution in [0.5, 0.6) is 0 Å². The second kappa shape index (κ2) is 7.60. The van der Waals surface area contributed by atoms with Gasteiger partial charge in [-0.1, -0.05) is 6.07 Å². The average molecular weight is 352 g/mol. The predicted molar refractivity (Wildman–Crippen MR) is 95.9 cm³/mol. The SMILES string of the molecule is CCNC(=O)c1cccc(NC(=O)c2ccn(-c3ccc(F)cc3)n2)c1. The highest BCUT2D eigenvalue weighted by molar-refractivity contribution is 6.03. The molecular formula is C19H17FN4O2. The highest BCUT2D eigenvalue weighted by Gasteiger charge is 2.12. The maximum atomic E-state index is 13.0. The molecule has 0 spiro atoms. The van der Waals surface area contributed by atoms with Gasteiger partial charge in [0.2, 0.25) is 0 Å². The molecule has 0 radical (unpaired) electrons. The van der Waals surface area contributed by atoms with E-state index in [4.69, 9.17) is 0 Å². The van der Waals surface area contributed by atoms with E-state index in [0.717, 1.165) is 0 Å². The molecule has 2 amide bonds. The fraction of sp³-hybridized carbons (Fsp3) is 0.105. The molecular weight excluding hydrogens is 335 g/mol. The van der Waals surface area contributed by atoms with E-state index in [1.807, 2.05) is 6.92 Å². The van der Waals surface area contributed by atoms with Gasteiger partial charge in [0.15, 0.2) is 5.69 Å². The van der Waals surface area contributed by atoms with E-state index in [1.165, 1.54) is 16.8 Å². The molecule has 1 heterocycles. The number of halogens is 1. The Morgan fingerprint density at radius 3 is 2.58 bits per heavy atom. The van der Waals surface area contributed by atoms with Gasteiger partial charge in [0.1, 0.15) is 5.82 Å². The van der Waals surface area contributed by atoms with Crippen molar-refractivity contribution in [3.8, 4) is 5.69 Å². The van der Waals surface area contributed by atoms with E-state index in [2.05, 4.69) is 15.7 Å². The predicted octanol–water partition coefficient (Wildman–Crippen LogP) is 3.01. The molecule has 2 N–H and O–H groups in total. The summed E-state index contributed by atoms with van der Waals surface area (Å²) in [5, 5.41) is 9.62. The molecule has 3 rings (SSSR count). The zero-order valence-corrected chi connectivity index (χ0v) is 14.1. The van der Waals surface area contributed by atoms with Crippen LogP contribution in [0.1, 0.15) is 27.8 Å². The van der Waals surface area contributed by atoms with E-state index in [0.29, 0.717) is 23.5 Å². The summed E-state index contributed by atoms with van der Waals surface area (Å²) in [5.74, 6) is -0.950. The molecule has 0 saturated carbocycles. The molecule has 6 nitrogen and oxygen atoms in total. The van der Waals surface area contributed by atoms with Crippen molar-refractivity contribution in [2.45, 2.75) is 6.92 Å². The summed E-state index contributed by atoms with van der Waals surface area (Å²) in [5.41, 5.74) is 1.80. The Morgan fingerprint density at radius 2 is 1.85 bits per heavy atom. The molecule has 0 fully saturated rings. The number of benzene rings is 2. The lowest BCUT2D eigenvalue weighted by atomic mass is 10.2. The highest BCUT2D eigenvalue weighted by atomic mass is 19.1. The van der Waals surface area contributed by atoms with Gasteiger partial charge in [-0.3, -0.25) is 9.59 Å². The van der Waals surface area contributed by atoms with Crippen molar-refractivity contribution in [1.29, 1.82) is 0 Å². The highest BCUT2D eigenvalue weighted by Crippen LogP contribution is 2.13. The van der Waals surface area contributed by atoms with E-state index >= 15 is 0 Å². The van der Waals surface area contributed by atoms with E-state index in [-0.39, 0.29) is 17.4 Å². The Morgan fingerprint density at radius 1 is 1.08 bits per heavy atom. The maximum Gasteiger partial charge on any atom is 0.276 e. The lowest BCUT2D eigenvalue weighted by molar-refractivity contribution is 0.0954. The van der Waals surface area contributed by atoms with Crippen LogP contribution >= 0.6 is 0 Å². The van der Waals surface area contributed by atoms with E-state index < -0.39 is 5.91 Å². The zero-order valence-electron chi connectivity index (χ0n) is 14.1. The molecule has 0 unspecified atom stereocenters. The minimum Gasteiger partial charge on any atom is -0.352 e. The number of aromatic nitrogens is 2. The van der Waals surface area contributed by atoms with Gasteiger partial charge in [-0.15, -0.1) is 0 Å². The lowest BCUT2D eigenvalue weighted by Crippen LogP contribution is -2.22. The second-order valence-electron chi connectivity index (χ2n) is 5.52.